The second kappa shape index (κ2) is 8.40. The number of benzene rings is 2. The Morgan fingerprint density at radius 1 is 1.00 bits per heavy atom. The lowest BCUT2D eigenvalue weighted by Gasteiger charge is -2.44. The smallest absolute Gasteiger partial charge is 0.254 e. The van der Waals surface area contributed by atoms with Gasteiger partial charge in [0.25, 0.3) is 11.8 Å². The van der Waals surface area contributed by atoms with Gasteiger partial charge in [0.15, 0.2) is 0 Å². The molecule has 2 fully saturated rings. The minimum atomic E-state index is -0.213. The van der Waals surface area contributed by atoms with Gasteiger partial charge in [0.1, 0.15) is 5.75 Å². The first-order valence-corrected chi connectivity index (χ1v) is 11.5. The van der Waals surface area contributed by atoms with Gasteiger partial charge in [0.2, 0.25) is 0 Å². The molecule has 0 aliphatic carbocycles. The maximum Gasteiger partial charge on any atom is 0.254 e. The molecule has 152 valence electrons. The van der Waals surface area contributed by atoms with Crippen LogP contribution in [0.25, 0.3) is 0 Å². The first-order chi connectivity index (χ1) is 14.0. The van der Waals surface area contributed by atoms with Crippen molar-refractivity contribution in [3.63, 3.8) is 0 Å². The van der Waals surface area contributed by atoms with Gasteiger partial charge in [-0.3, -0.25) is 9.59 Å². The fraction of sp³-hybridized carbons (Fsp3) is 0.364. The van der Waals surface area contributed by atoms with Crippen molar-refractivity contribution in [1.82, 2.24) is 9.80 Å². The van der Waals surface area contributed by atoms with Gasteiger partial charge in [-0.25, -0.2) is 0 Å². The van der Waals surface area contributed by atoms with Crippen LogP contribution in [0.15, 0.2) is 53.0 Å². The Hall–Kier alpha value is -1.99. The summed E-state index contributed by atoms with van der Waals surface area (Å²) in [6.45, 7) is 2.05. The average molecular weight is 475 g/mol. The Labute approximate surface area is 183 Å². The number of nitrogens with zero attached hydrogens (tertiary/aromatic N) is 2. The van der Waals surface area contributed by atoms with Gasteiger partial charge in [-0.1, -0.05) is 22.0 Å². The summed E-state index contributed by atoms with van der Waals surface area (Å²) in [7, 11) is 1.60. The highest BCUT2D eigenvalue weighted by Gasteiger charge is 2.47. The molecule has 0 unspecified atom stereocenters. The van der Waals surface area contributed by atoms with Crippen LogP contribution in [0.2, 0.25) is 0 Å². The molecule has 5 nitrogen and oxygen atoms in total. The molecule has 0 N–H and O–H groups in total. The van der Waals surface area contributed by atoms with Crippen molar-refractivity contribution in [3.05, 3.63) is 64.1 Å². The van der Waals surface area contributed by atoms with Crippen LogP contribution in [0.5, 0.6) is 5.75 Å². The number of amides is 2. The van der Waals surface area contributed by atoms with Crippen LogP contribution < -0.4 is 4.74 Å². The maximum atomic E-state index is 13.1. The number of rotatable bonds is 3. The summed E-state index contributed by atoms with van der Waals surface area (Å²) in [6.07, 6.45) is 1.57. The monoisotopic (exact) mass is 474 g/mol. The highest BCUT2D eigenvalue weighted by atomic mass is 79.9. The lowest BCUT2D eigenvalue weighted by atomic mass is 10.00. The van der Waals surface area contributed by atoms with Crippen molar-refractivity contribution in [1.29, 1.82) is 0 Å². The van der Waals surface area contributed by atoms with E-state index in [4.69, 9.17) is 4.74 Å². The summed E-state index contributed by atoms with van der Waals surface area (Å²) in [5.74, 6) is 1.72. The second-order valence-electron chi connectivity index (χ2n) is 7.28. The number of carbonyl (C=O) groups excluding carboxylic acids is 2. The number of hydrogen-bond acceptors (Lipinski definition) is 4. The number of piperidine rings is 1. The third-order valence-corrected chi connectivity index (χ3v) is 7.74. The van der Waals surface area contributed by atoms with E-state index in [0.29, 0.717) is 30.0 Å². The third kappa shape index (κ3) is 4.03. The molecule has 2 aliphatic rings. The minimum absolute atomic E-state index is 0.0209. The summed E-state index contributed by atoms with van der Waals surface area (Å²) in [5, 5.41) is 0. The molecule has 0 bridgehead atoms. The van der Waals surface area contributed by atoms with Crippen LogP contribution in [-0.2, 0) is 0 Å². The predicted octanol–water partition coefficient (Wildman–Crippen LogP) is 4.28. The second-order valence-corrected chi connectivity index (χ2v) is 9.66. The molecule has 0 saturated carbocycles. The van der Waals surface area contributed by atoms with E-state index in [-0.39, 0.29) is 16.7 Å². The molecule has 29 heavy (non-hydrogen) atoms. The Morgan fingerprint density at radius 3 is 2.41 bits per heavy atom. The summed E-state index contributed by atoms with van der Waals surface area (Å²) >= 11 is 5.28. The molecule has 2 saturated heterocycles. The standard InChI is InChI=1S/C22H23BrN2O3S/c1-28-19-4-2-3-17(15-19)20(26)24-11-9-22(10-12-24)25(13-14-29-22)21(27)16-5-7-18(23)8-6-16/h2-8,15H,9-14H2,1H3. The normalized spacial score (nSPS) is 18.1. The summed E-state index contributed by atoms with van der Waals surface area (Å²) in [4.78, 5) is 29.8. The van der Waals surface area contributed by atoms with E-state index >= 15 is 0 Å². The molecular weight excluding hydrogens is 452 g/mol. The Morgan fingerprint density at radius 2 is 1.72 bits per heavy atom. The van der Waals surface area contributed by atoms with E-state index in [9.17, 15) is 9.59 Å². The van der Waals surface area contributed by atoms with Crippen LogP contribution in [0.4, 0.5) is 0 Å². The molecule has 2 aromatic rings. The topological polar surface area (TPSA) is 49.9 Å². The maximum absolute atomic E-state index is 13.1. The number of halogens is 1. The van der Waals surface area contributed by atoms with Crippen molar-refractivity contribution < 1.29 is 14.3 Å². The number of carbonyl (C=O) groups is 2. The van der Waals surface area contributed by atoms with E-state index in [0.717, 1.165) is 29.6 Å². The molecule has 0 aromatic heterocycles. The lowest BCUT2D eigenvalue weighted by molar-refractivity contribution is 0.0497. The van der Waals surface area contributed by atoms with Crippen molar-refractivity contribution in [3.8, 4) is 5.75 Å². The molecular formula is C22H23BrN2O3S. The van der Waals surface area contributed by atoms with Crippen LogP contribution in [-0.4, -0.2) is 59.0 Å². The largest absolute Gasteiger partial charge is 0.497 e. The molecule has 2 heterocycles. The molecule has 0 radical (unpaired) electrons. The SMILES string of the molecule is COc1cccc(C(=O)N2CCC3(CC2)SCCN3C(=O)c2ccc(Br)cc2)c1. The Balaban J connectivity index is 1.46. The van der Waals surface area contributed by atoms with Gasteiger partial charge in [-0.15, -0.1) is 11.8 Å². The lowest BCUT2D eigenvalue weighted by Crippen LogP contribution is -2.53. The average Bonchev–Trinajstić information content (AvgIpc) is 3.16. The van der Waals surface area contributed by atoms with Gasteiger partial charge in [-0.2, -0.15) is 0 Å². The van der Waals surface area contributed by atoms with E-state index in [2.05, 4.69) is 15.9 Å². The third-order valence-electron chi connectivity index (χ3n) is 5.66. The minimum Gasteiger partial charge on any atom is -0.497 e. The number of hydrogen-bond donors (Lipinski definition) is 0. The number of ether oxygens (including phenoxy) is 1. The zero-order chi connectivity index (χ0) is 20.4. The van der Waals surface area contributed by atoms with Gasteiger partial charge >= 0.3 is 0 Å². The first-order valence-electron chi connectivity index (χ1n) is 9.67. The molecule has 0 atom stereocenters. The zero-order valence-electron chi connectivity index (χ0n) is 16.3. The van der Waals surface area contributed by atoms with Gasteiger partial charge in [-0.05, 0) is 55.3 Å². The molecule has 1 spiro atoms. The first kappa shape index (κ1) is 20.3. The summed E-state index contributed by atoms with van der Waals surface area (Å²) in [5.41, 5.74) is 1.35. The van der Waals surface area contributed by atoms with E-state index < -0.39 is 0 Å². The number of likely N-dealkylation sites (tertiary alicyclic amines) is 1. The van der Waals surface area contributed by atoms with E-state index in [1.54, 1.807) is 13.2 Å². The van der Waals surface area contributed by atoms with Crippen LogP contribution >= 0.6 is 27.7 Å². The van der Waals surface area contributed by atoms with E-state index in [1.807, 2.05) is 64.0 Å². The van der Waals surface area contributed by atoms with Gasteiger partial charge < -0.3 is 14.5 Å². The van der Waals surface area contributed by atoms with Crippen molar-refractivity contribution in [2.75, 3.05) is 32.5 Å². The van der Waals surface area contributed by atoms with Crippen molar-refractivity contribution in [2.24, 2.45) is 0 Å². The quantitative estimate of drug-likeness (QED) is 0.665. The molecule has 2 aliphatic heterocycles. The molecule has 4 rings (SSSR count). The zero-order valence-corrected chi connectivity index (χ0v) is 18.7. The summed E-state index contributed by atoms with van der Waals surface area (Å²) < 4.78 is 6.20. The van der Waals surface area contributed by atoms with Crippen LogP contribution in [0.1, 0.15) is 33.6 Å². The van der Waals surface area contributed by atoms with Crippen LogP contribution in [0.3, 0.4) is 0 Å². The van der Waals surface area contributed by atoms with Crippen LogP contribution in [0, 0.1) is 0 Å². The Bertz CT molecular complexity index is 911. The van der Waals surface area contributed by atoms with E-state index in [1.165, 1.54) is 0 Å². The number of thioether (sulfide) groups is 1. The highest BCUT2D eigenvalue weighted by molar-refractivity contribution is 9.10. The molecule has 7 heteroatoms. The van der Waals surface area contributed by atoms with Crippen molar-refractivity contribution >= 4 is 39.5 Å². The fourth-order valence-corrected chi connectivity index (χ4v) is 5.78. The number of methoxy groups -OCH3 is 1. The van der Waals surface area contributed by atoms with Gasteiger partial charge in [0, 0.05) is 41.0 Å². The van der Waals surface area contributed by atoms with Crippen molar-refractivity contribution in [2.45, 2.75) is 17.7 Å². The fourth-order valence-electron chi connectivity index (χ4n) is 4.06. The molecule has 2 aromatic carbocycles. The Kier molecular flexibility index (Phi) is 5.88. The van der Waals surface area contributed by atoms with Gasteiger partial charge in [0.05, 0.1) is 12.0 Å². The predicted molar refractivity (Wildman–Crippen MR) is 118 cm³/mol. The summed E-state index contributed by atoms with van der Waals surface area (Å²) in [6, 6.07) is 14.8. The molecule has 2 amide bonds. The highest BCUT2D eigenvalue weighted by Crippen LogP contribution is 2.44.